The lowest BCUT2D eigenvalue weighted by Gasteiger charge is -2.27. The second kappa shape index (κ2) is 8.01. The zero-order valence-electron chi connectivity index (χ0n) is 16.6. The van der Waals surface area contributed by atoms with E-state index < -0.39 is 17.8 Å². The van der Waals surface area contributed by atoms with Crippen LogP contribution in [-0.4, -0.2) is 42.7 Å². The van der Waals surface area contributed by atoms with Crippen LogP contribution in [0.3, 0.4) is 0 Å². The average Bonchev–Trinajstić information content (AvgIpc) is 2.72. The molecule has 2 aromatic rings. The monoisotopic (exact) mass is 402 g/mol. The second-order valence-electron chi connectivity index (χ2n) is 6.75. The number of carboxylic acids is 1. The lowest BCUT2D eigenvalue weighted by molar-refractivity contribution is -0.121. The third kappa shape index (κ3) is 3.69. The van der Waals surface area contributed by atoms with E-state index in [4.69, 9.17) is 11.7 Å². The van der Waals surface area contributed by atoms with E-state index in [1.807, 2.05) is 31.1 Å². The number of carbonyl (C=O) groups excluding carboxylic acids is 2. The average molecular weight is 402 g/mol. The topological polar surface area (TPSA) is 94.6 Å². The van der Waals surface area contributed by atoms with E-state index in [-0.39, 0.29) is 28.2 Å². The Hall–Kier alpha value is -4.25. The molecule has 0 aromatic heterocycles. The molecule has 150 valence electrons. The van der Waals surface area contributed by atoms with Crippen LogP contribution < -0.4 is 9.80 Å². The van der Waals surface area contributed by atoms with Crippen LogP contribution in [0, 0.1) is 6.57 Å². The van der Waals surface area contributed by atoms with Crippen molar-refractivity contribution in [1.29, 1.82) is 0 Å². The molecule has 0 atom stereocenters. The van der Waals surface area contributed by atoms with E-state index >= 15 is 0 Å². The second-order valence-corrected chi connectivity index (χ2v) is 6.75. The number of aliphatic imine (C=N–C) groups is 1. The fourth-order valence-corrected chi connectivity index (χ4v) is 2.94. The lowest BCUT2D eigenvalue weighted by atomic mass is 10.0. The van der Waals surface area contributed by atoms with E-state index in [2.05, 4.69) is 9.84 Å². The van der Waals surface area contributed by atoms with E-state index in [0.717, 1.165) is 10.6 Å². The Morgan fingerprint density at radius 3 is 2.13 bits per heavy atom. The summed E-state index contributed by atoms with van der Waals surface area (Å²) in [7, 11) is 3.80. The van der Waals surface area contributed by atoms with Gasteiger partial charge in [0.05, 0.1) is 23.5 Å². The Morgan fingerprint density at radius 1 is 1.03 bits per heavy atom. The van der Waals surface area contributed by atoms with Gasteiger partial charge in [-0.1, -0.05) is 0 Å². The smallest absolute Gasteiger partial charge is 0.335 e. The first kappa shape index (κ1) is 20.5. The van der Waals surface area contributed by atoms with Gasteiger partial charge in [-0.2, -0.15) is 0 Å². The molecule has 3 rings (SSSR count). The van der Waals surface area contributed by atoms with Crippen LogP contribution in [0.25, 0.3) is 4.85 Å². The number of nitrogens with zero attached hydrogens (tertiary/aromatic N) is 4. The first-order chi connectivity index (χ1) is 14.2. The number of imide groups is 1. The van der Waals surface area contributed by atoms with E-state index in [9.17, 15) is 14.4 Å². The molecular weight excluding hydrogens is 384 g/mol. The van der Waals surface area contributed by atoms with Crippen molar-refractivity contribution < 1.29 is 19.5 Å². The minimum absolute atomic E-state index is 0.0134. The van der Waals surface area contributed by atoms with Crippen molar-refractivity contribution in [2.75, 3.05) is 23.9 Å². The van der Waals surface area contributed by atoms with Crippen molar-refractivity contribution >= 4 is 40.6 Å². The summed E-state index contributed by atoms with van der Waals surface area (Å²) in [4.78, 5) is 47.4. The normalized spacial score (nSPS) is 15.4. The highest BCUT2D eigenvalue weighted by Crippen LogP contribution is 2.28. The summed E-state index contributed by atoms with van der Waals surface area (Å²) in [5.41, 5.74) is 1.62. The molecule has 0 fully saturated rings. The van der Waals surface area contributed by atoms with Gasteiger partial charge in [0.2, 0.25) is 0 Å². The minimum atomic E-state index is -1.13. The number of anilines is 2. The number of hydrogen-bond acceptors (Lipinski definition) is 5. The molecule has 2 aromatic carbocycles. The lowest BCUT2D eigenvalue weighted by Crippen LogP contribution is -2.46. The third-order valence-electron chi connectivity index (χ3n) is 4.61. The van der Waals surface area contributed by atoms with Gasteiger partial charge in [-0.25, -0.2) is 14.6 Å². The summed E-state index contributed by atoms with van der Waals surface area (Å²) >= 11 is 0. The van der Waals surface area contributed by atoms with E-state index in [1.165, 1.54) is 31.2 Å². The molecule has 0 saturated carbocycles. The van der Waals surface area contributed by atoms with Crippen LogP contribution in [0.4, 0.5) is 17.1 Å². The van der Waals surface area contributed by atoms with Crippen molar-refractivity contribution in [3.63, 3.8) is 0 Å². The molecule has 2 amide bonds. The zero-order chi connectivity index (χ0) is 22.0. The summed E-state index contributed by atoms with van der Waals surface area (Å²) in [6.07, 6.45) is 0. The number of rotatable bonds is 4. The quantitative estimate of drug-likeness (QED) is 0.626. The maximum absolute atomic E-state index is 13.1. The van der Waals surface area contributed by atoms with Crippen molar-refractivity contribution in [2.24, 2.45) is 4.99 Å². The summed E-state index contributed by atoms with van der Waals surface area (Å²) in [6, 6.07) is 12.4. The molecule has 1 aliphatic heterocycles. The van der Waals surface area contributed by atoms with Crippen molar-refractivity contribution in [1.82, 2.24) is 0 Å². The summed E-state index contributed by atoms with van der Waals surface area (Å²) in [6.45, 7) is 8.90. The molecule has 8 nitrogen and oxygen atoms in total. The van der Waals surface area contributed by atoms with Crippen LogP contribution >= 0.6 is 0 Å². The fraction of sp³-hybridized carbons (Fsp3) is 0.136. The molecule has 0 aliphatic carbocycles. The van der Waals surface area contributed by atoms with Gasteiger partial charge in [0.25, 0.3) is 17.5 Å². The van der Waals surface area contributed by atoms with Gasteiger partial charge in [-0.3, -0.25) is 14.5 Å². The molecule has 1 aliphatic rings. The van der Waals surface area contributed by atoms with Crippen molar-refractivity contribution in [3.8, 4) is 0 Å². The van der Waals surface area contributed by atoms with Crippen molar-refractivity contribution in [3.05, 3.63) is 76.8 Å². The van der Waals surface area contributed by atoms with E-state index in [0.29, 0.717) is 5.69 Å². The Morgan fingerprint density at radius 2 is 1.63 bits per heavy atom. The molecule has 0 bridgehead atoms. The van der Waals surface area contributed by atoms with Gasteiger partial charge >= 0.3 is 5.97 Å². The van der Waals surface area contributed by atoms with Gasteiger partial charge in [-0.05, 0) is 61.0 Å². The number of aromatic carboxylic acids is 1. The number of carbonyl (C=O) groups is 3. The largest absolute Gasteiger partial charge is 0.478 e. The Labute approximate surface area is 173 Å². The fourth-order valence-electron chi connectivity index (χ4n) is 2.94. The maximum Gasteiger partial charge on any atom is 0.335 e. The van der Waals surface area contributed by atoms with Crippen LogP contribution in [0.5, 0.6) is 0 Å². The SMILES string of the molecule is [C-]#[N+]C1=C(C)C(=Nc2ccc(N(C)C)cc2)C(=O)N(c2ccc(C(=O)O)cc2)C1=O. The number of amides is 2. The summed E-state index contributed by atoms with van der Waals surface area (Å²) < 4.78 is 0. The molecule has 1 heterocycles. The van der Waals surface area contributed by atoms with Crippen LogP contribution in [0.15, 0.2) is 64.8 Å². The molecule has 0 unspecified atom stereocenters. The van der Waals surface area contributed by atoms with Gasteiger partial charge in [0.15, 0.2) is 0 Å². The van der Waals surface area contributed by atoms with Gasteiger partial charge in [0, 0.05) is 19.8 Å². The van der Waals surface area contributed by atoms with Crippen LogP contribution in [-0.2, 0) is 9.59 Å². The molecule has 0 radical (unpaired) electrons. The first-order valence-electron chi connectivity index (χ1n) is 8.91. The van der Waals surface area contributed by atoms with Gasteiger partial charge in [-0.15, -0.1) is 0 Å². The molecule has 30 heavy (non-hydrogen) atoms. The summed E-state index contributed by atoms with van der Waals surface area (Å²) in [5, 5.41) is 9.05. The van der Waals surface area contributed by atoms with Gasteiger partial charge in [0.1, 0.15) is 5.71 Å². The molecule has 1 N–H and O–H groups in total. The van der Waals surface area contributed by atoms with Crippen LogP contribution in [0.1, 0.15) is 17.3 Å². The number of benzene rings is 2. The standard InChI is InChI=1S/C22H18N4O4/c1-13-18(23-2)20(27)26(17-9-5-14(6-10-17)22(29)30)21(28)19(13)24-15-7-11-16(12-8-15)25(3)4/h5-12H,1,3-4H3,(H,29,30). The van der Waals surface area contributed by atoms with E-state index in [1.54, 1.807) is 12.1 Å². The molecule has 0 saturated heterocycles. The third-order valence-corrected chi connectivity index (χ3v) is 4.61. The number of carboxylic acid groups (broad SMARTS) is 1. The minimum Gasteiger partial charge on any atom is -0.478 e. The molecular formula is C22H18N4O4. The first-order valence-corrected chi connectivity index (χ1v) is 8.91. The number of hydrogen-bond donors (Lipinski definition) is 1. The highest BCUT2D eigenvalue weighted by molar-refractivity contribution is 6.57. The van der Waals surface area contributed by atoms with Gasteiger partial charge < -0.3 is 10.0 Å². The van der Waals surface area contributed by atoms with Crippen LogP contribution in [0.2, 0.25) is 0 Å². The summed E-state index contributed by atoms with van der Waals surface area (Å²) in [5.74, 6) is -2.57. The highest BCUT2D eigenvalue weighted by atomic mass is 16.4. The predicted octanol–water partition coefficient (Wildman–Crippen LogP) is 3.29. The Bertz CT molecular complexity index is 1140. The molecule has 0 spiro atoms. The maximum atomic E-state index is 13.1. The Kier molecular flexibility index (Phi) is 5.47. The highest BCUT2D eigenvalue weighted by Gasteiger charge is 2.38. The molecule has 8 heteroatoms. The zero-order valence-corrected chi connectivity index (χ0v) is 16.6. The predicted molar refractivity (Wildman–Crippen MR) is 113 cm³/mol. The van der Waals surface area contributed by atoms with Crippen molar-refractivity contribution in [2.45, 2.75) is 6.92 Å². The Balaban J connectivity index is 2.08.